The van der Waals surface area contributed by atoms with Gasteiger partial charge in [0.2, 0.25) is 11.6 Å². The third kappa shape index (κ3) is 6.84. The van der Waals surface area contributed by atoms with Crippen molar-refractivity contribution in [2.75, 3.05) is 13.2 Å². The van der Waals surface area contributed by atoms with Crippen molar-refractivity contribution in [1.29, 1.82) is 0 Å². The van der Waals surface area contributed by atoms with E-state index in [2.05, 4.69) is 6.92 Å². The zero-order valence-electron chi connectivity index (χ0n) is 19.5. The Hall–Kier alpha value is -0.930. The Morgan fingerprint density at radius 3 is 2.15 bits per heavy atom. The standard InChI is InChI=1S/C22H40O12/c1-2-3-4-5-6-7-8-9-15(25)34-22(20(30)18(28)17(27)14(10-23)33-22)12-21(31)19(29)16(26)13(24)11-32-21/h13-14,16-20,23-24,26-31H,2-12H2,1H3/t13-,14-,16-,17-,18+,19+,20-,21?,22+/m0/s1. The minimum Gasteiger partial charge on any atom is -0.430 e. The van der Waals surface area contributed by atoms with E-state index in [0.29, 0.717) is 6.42 Å². The summed E-state index contributed by atoms with van der Waals surface area (Å²) in [5, 5.41) is 81.5. The molecular weight excluding hydrogens is 456 g/mol. The molecule has 0 aromatic heterocycles. The van der Waals surface area contributed by atoms with Gasteiger partial charge >= 0.3 is 5.97 Å². The van der Waals surface area contributed by atoms with Crippen LogP contribution in [-0.2, 0) is 19.0 Å². The Labute approximate surface area is 198 Å². The predicted octanol–water partition coefficient (Wildman–Crippen LogP) is -1.97. The van der Waals surface area contributed by atoms with Crippen LogP contribution in [0.1, 0.15) is 64.7 Å². The molecule has 8 N–H and O–H groups in total. The molecule has 0 radical (unpaired) electrons. The van der Waals surface area contributed by atoms with Crippen LogP contribution in [0.15, 0.2) is 0 Å². The third-order valence-electron chi connectivity index (χ3n) is 6.49. The van der Waals surface area contributed by atoms with Crippen LogP contribution >= 0.6 is 0 Å². The number of aliphatic hydroxyl groups excluding tert-OH is 7. The molecule has 9 atom stereocenters. The van der Waals surface area contributed by atoms with Gasteiger partial charge in [0.1, 0.15) is 42.7 Å². The minimum atomic E-state index is -2.67. The third-order valence-corrected chi connectivity index (χ3v) is 6.49. The van der Waals surface area contributed by atoms with Gasteiger partial charge in [0.25, 0.3) is 0 Å². The first-order chi connectivity index (χ1) is 16.0. The Bertz CT molecular complexity index is 633. The highest BCUT2D eigenvalue weighted by atomic mass is 16.7. The zero-order chi connectivity index (χ0) is 25.5. The summed E-state index contributed by atoms with van der Waals surface area (Å²) < 4.78 is 16.0. The molecule has 0 aliphatic carbocycles. The maximum atomic E-state index is 12.6. The summed E-state index contributed by atoms with van der Waals surface area (Å²) in [7, 11) is 0. The second kappa shape index (κ2) is 12.9. The van der Waals surface area contributed by atoms with Gasteiger partial charge in [-0.25, -0.2) is 0 Å². The van der Waals surface area contributed by atoms with E-state index in [0.717, 1.165) is 38.5 Å². The monoisotopic (exact) mass is 496 g/mol. The van der Waals surface area contributed by atoms with E-state index in [1.54, 1.807) is 0 Å². The van der Waals surface area contributed by atoms with Crippen molar-refractivity contribution in [1.82, 2.24) is 0 Å². The molecule has 2 aliphatic rings. The lowest BCUT2D eigenvalue weighted by atomic mass is 9.84. The number of carbonyl (C=O) groups excluding carboxylic acids is 1. The highest BCUT2D eigenvalue weighted by Gasteiger charge is 2.62. The number of hydrogen-bond donors (Lipinski definition) is 8. The van der Waals surface area contributed by atoms with Crippen molar-refractivity contribution in [3.05, 3.63) is 0 Å². The first-order valence-corrected chi connectivity index (χ1v) is 12.0. The smallest absolute Gasteiger partial charge is 0.308 e. The molecule has 2 saturated heterocycles. The molecule has 2 heterocycles. The Balaban J connectivity index is 2.16. The molecule has 0 spiro atoms. The van der Waals surface area contributed by atoms with Crippen molar-refractivity contribution >= 4 is 5.97 Å². The van der Waals surface area contributed by atoms with Gasteiger partial charge in [-0.1, -0.05) is 45.4 Å². The quantitative estimate of drug-likeness (QED) is 0.109. The van der Waals surface area contributed by atoms with Gasteiger partial charge in [0.05, 0.1) is 19.6 Å². The number of hydrogen-bond acceptors (Lipinski definition) is 12. The van der Waals surface area contributed by atoms with E-state index in [1.165, 1.54) is 0 Å². The van der Waals surface area contributed by atoms with Gasteiger partial charge in [-0.3, -0.25) is 4.79 Å². The molecule has 0 aromatic carbocycles. The summed E-state index contributed by atoms with van der Waals surface area (Å²) in [6.45, 7) is 0.689. The highest BCUT2D eigenvalue weighted by Crippen LogP contribution is 2.41. The van der Waals surface area contributed by atoms with E-state index in [9.17, 15) is 45.6 Å². The Morgan fingerprint density at radius 2 is 1.53 bits per heavy atom. The van der Waals surface area contributed by atoms with Crippen LogP contribution in [0.2, 0.25) is 0 Å². The van der Waals surface area contributed by atoms with Crippen LogP contribution in [0.3, 0.4) is 0 Å². The normalized spacial score (nSPS) is 40.8. The molecule has 12 heteroatoms. The fraction of sp³-hybridized carbons (Fsp3) is 0.955. The summed E-state index contributed by atoms with van der Waals surface area (Å²) in [4.78, 5) is 12.6. The van der Waals surface area contributed by atoms with E-state index in [1.807, 2.05) is 0 Å². The van der Waals surface area contributed by atoms with Crippen LogP contribution in [-0.4, -0.2) is 114 Å². The fourth-order valence-electron chi connectivity index (χ4n) is 4.34. The second-order valence-electron chi connectivity index (χ2n) is 9.26. The molecule has 2 aliphatic heterocycles. The van der Waals surface area contributed by atoms with Crippen LogP contribution in [0.25, 0.3) is 0 Å². The molecule has 1 unspecified atom stereocenters. The second-order valence-corrected chi connectivity index (χ2v) is 9.26. The van der Waals surface area contributed by atoms with Crippen molar-refractivity contribution in [3.63, 3.8) is 0 Å². The number of esters is 1. The molecular formula is C22H40O12. The zero-order valence-corrected chi connectivity index (χ0v) is 19.5. The minimum absolute atomic E-state index is 0.0722. The average Bonchev–Trinajstić information content (AvgIpc) is 2.81. The van der Waals surface area contributed by atoms with Gasteiger partial charge < -0.3 is 55.1 Å². The van der Waals surface area contributed by atoms with Crippen LogP contribution in [0, 0.1) is 0 Å². The van der Waals surface area contributed by atoms with Gasteiger partial charge in [0, 0.05) is 6.42 Å². The molecule has 200 valence electrons. The van der Waals surface area contributed by atoms with E-state index >= 15 is 0 Å². The van der Waals surface area contributed by atoms with Crippen molar-refractivity contribution in [3.8, 4) is 0 Å². The summed E-state index contributed by atoms with van der Waals surface area (Å²) in [5.41, 5.74) is 0. The lowest BCUT2D eigenvalue weighted by molar-refractivity contribution is -0.399. The molecule has 12 nitrogen and oxygen atoms in total. The lowest BCUT2D eigenvalue weighted by Gasteiger charge is -2.51. The average molecular weight is 497 g/mol. The van der Waals surface area contributed by atoms with Crippen LogP contribution in [0.4, 0.5) is 0 Å². The van der Waals surface area contributed by atoms with Gasteiger partial charge in [-0.2, -0.15) is 0 Å². The number of aliphatic hydroxyl groups is 8. The Kier molecular flexibility index (Phi) is 11.1. The van der Waals surface area contributed by atoms with E-state index in [-0.39, 0.29) is 6.42 Å². The summed E-state index contributed by atoms with van der Waals surface area (Å²) in [5.74, 6) is -6.05. The van der Waals surface area contributed by atoms with Crippen molar-refractivity contribution in [2.45, 2.75) is 119 Å². The van der Waals surface area contributed by atoms with Gasteiger partial charge in [0.15, 0.2) is 0 Å². The maximum absolute atomic E-state index is 12.6. The largest absolute Gasteiger partial charge is 0.430 e. The molecule has 0 amide bonds. The topological polar surface area (TPSA) is 207 Å². The summed E-state index contributed by atoms with van der Waals surface area (Å²) >= 11 is 0. The summed E-state index contributed by atoms with van der Waals surface area (Å²) in [6.07, 6.45) is -7.25. The van der Waals surface area contributed by atoms with Gasteiger partial charge in [-0.05, 0) is 6.42 Å². The van der Waals surface area contributed by atoms with E-state index in [4.69, 9.17) is 14.2 Å². The Morgan fingerprint density at radius 1 is 0.912 bits per heavy atom. The molecule has 0 saturated carbocycles. The molecule has 0 aromatic rings. The number of carbonyl (C=O) groups is 1. The SMILES string of the molecule is CCCCCCCCCC(=O)O[C@@]1(CC2(O)OC[C@H](O)[C@H](O)[C@H]2O)O[C@@H](CO)[C@H](O)[C@@H](O)[C@@H]1O. The first-order valence-electron chi connectivity index (χ1n) is 12.0. The molecule has 34 heavy (non-hydrogen) atoms. The summed E-state index contributed by atoms with van der Waals surface area (Å²) in [6, 6.07) is 0. The maximum Gasteiger partial charge on any atom is 0.308 e. The molecule has 2 rings (SSSR count). The van der Waals surface area contributed by atoms with Gasteiger partial charge in [-0.15, -0.1) is 0 Å². The van der Waals surface area contributed by atoms with Crippen LogP contribution in [0.5, 0.6) is 0 Å². The highest BCUT2D eigenvalue weighted by molar-refractivity contribution is 5.69. The van der Waals surface area contributed by atoms with Crippen molar-refractivity contribution in [2.24, 2.45) is 0 Å². The fourth-order valence-corrected chi connectivity index (χ4v) is 4.34. The van der Waals surface area contributed by atoms with Crippen molar-refractivity contribution < 1.29 is 59.9 Å². The number of unbranched alkanes of at least 4 members (excludes halogenated alkanes) is 6. The number of rotatable bonds is 12. The molecule has 2 fully saturated rings. The number of ether oxygens (including phenoxy) is 3. The lowest BCUT2D eigenvalue weighted by Crippen LogP contribution is -2.71. The van der Waals surface area contributed by atoms with E-state index < -0.39 is 79.9 Å². The molecule has 0 bridgehead atoms. The predicted molar refractivity (Wildman–Crippen MR) is 115 cm³/mol. The first kappa shape index (κ1) is 29.3. The van der Waals surface area contributed by atoms with Crippen LogP contribution < -0.4 is 0 Å².